The molecule has 0 heterocycles. The van der Waals surface area contributed by atoms with Gasteiger partial charge in [-0.1, -0.05) is 33.6 Å². The molecule has 2 rings (SSSR count). The highest BCUT2D eigenvalue weighted by Gasteiger charge is 2.22. The van der Waals surface area contributed by atoms with Gasteiger partial charge in [-0.05, 0) is 63.1 Å². The molecule has 0 bridgehead atoms. The first-order valence-corrected chi connectivity index (χ1v) is 9.66. The van der Waals surface area contributed by atoms with Gasteiger partial charge in [0.25, 0.3) is 5.91 Å². The van der Waals surface area contributed by atoms with Gasteiger partial charge in [-0.25, -0.2) is 0 Å². The van der Waals surface area contributed by atoms with Gasteiger partial charge in [0.2, 0.25) is 0 Å². The summed E-state index contributed by atoms with van der Waals surface area (Å²) in [6.07, 6.45) is 0. The first-order valence-electron chi connectivity index (χ1n) is 8.87. The number of ether oxygens (including phenoxy) is 1. The maximum atomic E-state index is 12.6. The number of hydrogen-bond donors (Lipinski definition) is 2. The zero-order chi connectivity index (χ0) is 19.3. The van der Waals surface area contributed by atoms with E-state index in [0.29, 0.717) is 6.61 Å². The van der Waals surface area contributed by atoms with E-state index in [0.717, 1.165) is 38.5 Å². The van der Waals surface area contributed by atoms with E-state index in [1.807, 2.05) is 52.1 Å². The van der Waals surface area contributed by atoms with Gasteiger partial charge < -0.3 is 15.0 Å². The second-order valence-corrected chi connectivity index (χ2v) is 7.80. The molecule has 0 aliphatic carbocycles. The molecule has 2 atom stereocenters. The fraction of sp³-hybridized carbons (Fsp3) is 0.381. The molecular weight excluding hydrogens is 392 g/mol. The summed E-state index contributed by atoms with van der Waals surface area (Å²) >= 11 is 3.41. The van der Waals surface area contributed by atoms with Crippen molar-refractivity contribution in [3.05, 3.63) is 57.6 Å². The van der Waals surface area contributed by atoms with Crippen LogP contribution in [0.5, 0.6) is 5.75 Å². The smallest absolute Gasteiger partial charge is 0.282 e. The number of carbonyl (C=O) groups excluding carboxylic acids is 1. The highest BCUT2D eigenvalue weighted by atomic mass is 79.9. The summed E-state index contributed by atoms with van der Waals surface area (Å²) in [5.74, 6) is 0.866. The van der Waals surface area contributed by atoms with E-state index < -0.39 is 0 Å². The number of nitrogens with one attached hydrogen (secondary N) is 2. The van der Waals surface area contributed by atoms with Crippen LogP contribution >= 0.6 is 15.9 Å². The number of amides is 1. The third-order valence-corrected chi connectivity index (χ3v) is 5.17. The summed E-state index contributed by atoms with van der Waals surface area (Å²) in [5.41, 5.74) is 4.32. The molecule has 4 nitrogen and oxygen atoms in total. The van der Waals surface area contributed by atoms with E-state index in [2.05, 4.69) is 40.3 Å². The Balaban J connectivity index is 1.88. The third kappa shape index (κ3) is 5.58. The normalized spacial score (nSPS) is 13.2. The van der Waals surface area contributed by atoms with Crippen molar-refractivity contribution in [2.75, 3.05) is 25.5 Å². The van der Waals surface area contributed by atoms with Crippen molar-refractivity contribution in [2.45, 2.75) is 33.7 Å². The Bertz CT molecular complexity index is 736. The van der Waals surface area contributed by atoms with Crippen LogP contribution in [0.25, 0.3) is 0 Å². The first-order chi connectivity index (χ1) is 12.3. The van der Waals surface area contributed by atoms with E-state index in [4.69, 9.17) is 4.74 Å². The quantitative estimate of drug-likeness (QED) is 0.722. The molecule has 0 fully saturated rings. The van der Waals surface area contributed by atoms with Crippen LogP contribution in [0.4, 0.5) is 5.69 Å². The number of carbonyl (C=O) groups is 1. The Hall–Kier alpha value is -1.85. The van der Waals surface area contributed by atoms with Crippen molar-refractivity contribution in [3.63, 3.8) is 0 Å². The van der Waals surface area contributed by atoms with Crippen LogP contribution in [-0.4, -0.2) is 32.1 Å². The standard InChI is InChI=1S/C21H27BrN2O2/c1-14-12-15(2)20(16(3)13-14)23-21(25)17(4)24(5)10-11-26-19-8-6-18(22)7-9-19/h6-9,12-13,17H,10-11H2,1-5H3,(H,23,25)/p+1/t17-/m0/s1. The monoisotopic (exact) mass is 419 g/mol. The summed E-state index contributed by atoms with van der Waals surface area (Å²) in [5, 5.41) is 3.09. The Morgan fingerprint density at radius 2 is 1.73 bits per heavy atom. The summed E-state index contributed by atoms with van der Waals surface area (Å²) < 4.78 is 6.79. The van der Waals surface area contributed by atoms with Crippen LogP contribution in [0.2, 0.25) is 0 Å². The predicted molar refractivity (Wildman–Crippen MR) is 110 cm³/mol. The Morgan fingerprint density at radius 3 is 2.31 bits per heavy atom. The van der Waals surface area contributed by atoms with Crippen LogP contribution in [-0.2, 0) is 4.79 Å². The molecule has 0 saturated heterocycles. The molecule has 0 aromatic heterocycles. The van der Waals surface area contributed by atoms with Crippen molar-refractivity contribution in [1.82, 2.24) is 0 Å². The van der Waals surface area contributed by atoms with Gasteiger partial charge >= 0.3 is 0 Å². The Kier molecular flexibility index (Phi) is 7.23. The minimum absolute atomic E-state index is 0.0289. The number of hydrogen-bond acceptors (Lipinski definition) is 2. The second-order valence-electron chi connectivity index (χ2n) is 6.88. The van der Waals surface area contributed by atoms with Gasteiger partial charge in [0.05, 0.1) is 7.05 Å². The van der Waals surface area contributed by atoms with E-state index in [1.54, 1.807) is 0 Å². The molecule has 26 heavy (non-hydrogen) atoms. The van der Waals surface area contributed by atoms with E-state index in [9.17, 15) is 4.79 Å². The number of likely N-dealkylation sites (N-methyl/N-ethyl adjacent to an activating group) is 1. The number of aryl methyl sites for hydroxylation is 3. The van der Waals surface area contributed by atoms with E-state index >= 15 is 0 Å². The zero-order valence-corrected chi connectivity index (χ0v) is 17.7. The molecule has 140 valence electrons. The highest BCUT2D eigenvalue weighted by molar-refractivity contribution is 9.10. The second kappa shape index (κ2) is 9.19. The molecule has 2 N–H and O–H groups in total. The first kappa shape index (κ1) is 20.5. The third-order valence-electron chi connectivity index (χ3n) is 4.64. The molecule has 0 radical (unpaired) electrons. The summed E-state index contributed by atoms with van der Waals surface area (Å²) in [6, 6.07) is 11.8. The maximum absolute atomic E-state index is 12.6. The predicted octanol–water partition coefficient (Wildman–Crippen LogP) is 3.30. The number of benzene rings is 2. The minimum atomic E-state index is -0.163. The van der Waals surface area contributed by atoms with Crippen LogP contribution in [0.3, 0.4) is 0 Å². The fourth-order valence-corrected chi connectivity index (χ4v) is 3.17. The molecule has 1 unspecified atom stereocenters. The van der Waals surface area contributed by atoms with Crippen molar-refractivity contribution >= 4 is 27.5 Å². The van der Waals surface area contributed by atoms with Crippen LogP contribution in [0.1, 0.15) is 23.6 Å². The highest BCUT2D eigenvalue weighted by Crippen LogP contribution is 2.22. The number of halogens is 1. The van der Waals surface area contributed by atoms with Gasteiger partial charge in [-0.2, -0.15) is 0 Å². The van der Waals surface area contributed by atoms with Crippen LogP contribution < -0.4 is 15.0 Å². The van der Waals surface area contributed by atoms with Gasteiger partial charge in [0.15, 0.2) is 6.04 Å². The lowest BCUT2D eigenvalue weighted by molar-refractivity contribution is -0.894. The van der Waals surface area contributed by atoms with Crippen LogP contribution in [0.15, 0.2) is 40.9 Å². The molecule has 0 saturated carbocycles. The number of rotatable bonds is 7. The van der Waals surface area contributed by atoms with Crippen molar-refractivity contribution in [2.24, 2.45) is 0 Å². The average Bonchev–Trinajstić information content (AvgIpc) is 2.58. The molecular formula is C21H28BrN2O2+. The lowest BCUT2D eigenvalue weighted by Gasteiger charge is -2.22. The topological polar surface area (TPSA) is 42.8 Å². The van der Waals surface area contributed by atoms with Crippen molar-refractivity contribution in [3.8, 4) is 5.75 Å². The number of anilines is 1. The Labute approximate surface area is 164 Å². The maximum Gasteiger partial charge on any atom is 0.282 e. The molecule has 1 amide bonds. The lowest BCUT2D eigenvalue weighted by atomic mass is 10.0. The van der Waals surface area contributed by atoms with Crippen LogP contribution in [0, 0.1) is 20.8 Å². The molecule has 2 aromatic carbocycles. The average molecular weight is 420 g/mol. The van der Waals surface area contributed by atoms with Gasteiger partial charge in [-0.15, -0.1) is 0 Å². The van der Waals surface area contributed by atoms with Gasteiger partial charge in [0.1, 0.15) is 18.9 Å². The Morgan fingerprint density at radius 1 is 1.15 bits per heavy atom. The summed E-state index contributed by atoms with van der Waals surface area (Å²) in [7, 11) is 2.02. The van der Waals surface area contributed by atoms with Gasteiger partial charge in [-0.3, -0.25) is 4.79 Å². The fourth-order valence-electron chi connectivity index (χ4n) is 2.91. The van der Waals surface area contributed by atoms with E-state index in [1.165, 1.54) is 5.56 Å². The SMILES string of the molecule is Cc1cc(C)c(NC(=O)[C@H](C)[NH+](C)CCOc2ccc(Br)cc2)c(C)c1. The van der Waals surface area contributed by atoms with Crippen molar-refractivity contribution < 1.29 is 14.4 Å². The van der Waals surface area contributed by atoms with Crippen molar-refractivity contribution in [1.29, 1.82) is 0 Å². The summed E-state index contributed by atoms with van der Waals surface area (Å²) in [6.45, 7) is 9.39. The summed E-state index contributed by atoms with van der Waals surface area (Å²) in [4.78, 5) is 13.7. The molecule has 5 heteroatoms. The molecule has 0 aliphatic rings. The largest absolute Gasteiger partial charge is 0.488 e. The lowest BCUT2D eigenvalue weighted by Crippen LogP contribution is -3.14. The molecule has 0 spiro atoms. The molecule has 0 aliphatic heterocycles. The number of quaternary nitrogens is 1. The van der Waals surface area contributed by atoms with E-state index in [-0.39, 0.29) is 11.9 Å². The minimum Gasteiger partial charge on any atom is -0.488 e. The van der Waals surface area contributed by atoms with Gasteiger partial charge in [0, 0.05) is 10.2 Å². The molecule has 2 aromatic rings. The zero-order valence-electron chi connectivity index (χ0n) is 16.2.